The van der Waals surface area contributed by atoms with Gasteiger partial charge in [-0.25, -0.2) is 4.79 Å². The Morgan fingerprint density at radius 1 is 1.57 bits per heavy atom. The van der Waals surface area contributed by atoms with Crippen LogP contribution in [-0.2, 0) is 7.05 Å². The van der Waals surface area contributed by atoms with E-state index in [-0.39, 0.29) is 5.82 Å². The predicted molar refractivity (Wildman–Crippen MR) is 51.3 cm³/mol. The molecule has 2 aromatic heterocycles. The molecule has 0 bridgehead atoms. The molecule has 0 saturated heterocycles. The number of hydrogen-bond acceptors (Lipinski definition) is 4. The van der Waals surface area contributed by atoms with Crippen molar-refractivity contribution < 1.29 is 9.90 Å². The summed E-state index contributed by atoms with van der Waals surface area (Å²) in [5.74, 6) is -0.534. The van der Waals surface area contributed by atoms with E-state index in [4.69, 9.17) is 5.11 Å². The summed E-state index contributed by atoms with van der Waals surface area (Å²) in [6, 6.07) is 3.76. The summed E-state index contributed by atoms with van der Waals surface area (Å²) < 4.78 is 1.47. The molecule has 0 amide bonds. The molecule has 0 aliphatic rings. The van der Waals surface area contributed by atoms with Crippen LogP contribution in [0.3, 0.4) is 0 Å². The van der Waals surface area contributed by atoms with Crippen LogP contribution in [0.15, 0.2) is 17.5 Å². The number of carbonyl (C=O) groups is 1. The van der Waals surface area contributed by atoms with Gasteiger partial charge in [0.05, 0.1) is 4.88 Å². The highest BCUT2D eigenvalue weighted by atomic mass is 32.1. The third kappa shape index (κ3) is 1.29. The first kappa shape index (κ1) is 8.89. The Labute approximate surface area is 83.6 Å². The molecule has 72 valence electrons. The van der Waals surface area contributed by atoms with Gasteiger partial charge in [-0.15, -0.1) is 21.5 Å². The Balaban J connectivity index is 2.52. The van der Waals surface area contributed by atoms with Crippen molar-refractivity contribution in [1.29, 1.82) is 0 Å². The highest BCUT2D eigenvalue weighted by Crippen LogP contribution is 2.22. The van der Waals surface area contributed by atoms with E-state index in [9.17, 15) is 4.79 Å². The molecule has 2 heterocycles. The Kier molecular flexibility index (Phi) is 2.05. The van der Waals surface area contributed by atoms with Crippen LogP contribution in [0.1, 0.15) is 10.6 Å². The lowest BCUT2D eigenvalue weighted by Gasteiger charge is -1.97. The first-order chi connectivity index (χ1) is 6.70. The van der Waals surface area contributed by atoms with Crippen LogP contribution in [0.5, 0.6) is 0 Å². The zero-order valence-electron chi connectivity index (χ0n) is 7.34. The van der Waals surface area contributed by atoms with E-state index in [2.05, 4.69) is 10.2 Å². The second kappa shape index (κ2) is 3.22. The highest BCUT2D eigenvalue weighted by Gasteiger charge is 2.16. The third-order valence-electron chi connectivity index (χ3n) is 1.81. The first-order valence-corrected chi connectivity index (χ1v) is 4.74. The topological polar surface area (TPSA) is 68.0 Å². The van der Waals surface area contributed by atoms with Crippen LogP contribution in [0, 0.1) is 0 Å². The van der Waals surface area contributed by atoms with Gasteiger partial charge in [-0.3, -0.25) is 0 Å². The minimum Gasteiger partial charge on any atom is -0.475 e. The Hall–Kier alpha value is -1.69. The van der Waals surface area contributed by atoms with Crippen molar-refractivity contribution in [3.63, 3.8) is 0 Å². The van der Waals surface area contributed by atoms with Gasteiger partial charge >= 0.3 is 5.97 Å². The van der Waals surface area contributed by atoms with Crippen LogP contribution in [0.2, 0.25) is 0 Å². The van der Waals surface area contributed by atoms with Gasteiger partial charge in [-0.2, -0.15) is 0 Å². The molecule has 0 spiro atoms. The van der Waals surface area contributed by atoms with Gasteiger partial charge in [0.15, 0.2) is 5.82 Å². The van der Waals surface area contributed by atoms with Crippen molar-refractivity contribution in [1.82, 2.24) is 14.8 Å². The third-order valence-corrected chi connectivity index (χ3v) is 2.67. The van der Waals surface area contributed by atoms with E-state index in [1.54, 1.807) is 7.05 Å². The van der Waals surface area contributed by atoms with Crippen molar-refractivity contribution in [3.05, 3.63) is 23.3 Å². The summed E-state index contributed by atoms with van der Waals surface area (Å²) in [7, 11) is 1.64. The molecule has 0 aliphatic carbocycles. The quantitative estimate of drug-likeness (QED) is 0.808. The first-order valence-electron chi connectivity index (χ1n) is 3.86. The summed E-state index contributed by atoms with van der Waals surface area (Å²) in [4.78, 5) is 11.6. The van der Waals surface area contributed by atoms with E-state index in [0.717, 1.165) is 4.88 Å². The molecule has 0 aromatic carbocycles. The van der Waals surface area contributed by atoms with Gasteiger partial charge in [-0.1, -0.05) is 6.07 Å². The zero-order chi connectivity index (χ0) is 10.1. The number of carboxylic acids is 1. The normalized spacial score (nSPS) is 10.4. The maximum absolute atomic E-state index is 10.7. The lowest BCUT2D eigenvalue weighted by Crippen LogP contribution is -2.06. The molecule has 0 saturated carbocycles. The summed E-state index contributed by atoms with van der Waals surface area (Å²) in [6.07, 6.45) is 0. The largest absolute Gasteiger partial charge is 0.475 e. The summed E-state index contributed by atoms with van der Waals surface area (Å²) in [5, 5.41) is 18.1. The van der Waals surface area contributed by atoms with E-state index >= 15 is 0 Å². The van der Waals surface area contributed by atoms with E-state index in [1.165, 1.54) is 15.9 Å². The van der Waals surface area contributed by atoms with Crippen LogP contribution in [-0.4, -0.2) is 25.8 Å². The monoisotopic (exact) mass is 209 g/mol. The molecule has 0 unspecified atom stereocenters. The van der Waals surface area contributed by atoms with Crippen molar-refractivity contribution in [2.45, 2.75) is 0 Å². The van der Waals surface area contributed by atoms with Crippen LogP contribution in [0.4, 0.5) is 0 Å². The number of thiophene rings is 1. The maximum Gasteiger partial charge on any atom is 0.374 e. The van der Waals surface area contributed by atoms with Gasteiger partial charge in [0.2, 0.25) is 5.82 Å². The second-order valence-corrected chi connectivity index (χ2v) is 3.64. The molecule has 2 rings (SSSR count). The zero-order valence-corrected chi connectivity index (χ0v) is 8.15. The molecule has 0 atom stereocenters. The van der Waals surface area contributed by atoms with Crippen molar-refractivity contribution in [3.8, 4) is 10.7 Å². The average molecular weight is 209 g/mol. The van der Waals surface area contributed by atoms with Crippen LogP contribution < -0.4 is 0 Å². The number of aromatic nitrogens is 3. The van der Waals surface area contributed by atoms with Crippen LogP contribution >= 0.6 is 11.3 Å². The summed E-state index contributed by atoms with van der Waals surface area (Å²) in [5.41, 5.74) is 0. The van der Waals surface area contributed by atoms with Gasteiger partial charge in [0.25, 0.3) is 0 Å². The summed E-state index contributed by atoms with van der Waals surface area (Å²) >= 11 is 1.50. The number of carboxylic acid groups (broad SMARTS) is 1. The Morgan fingerprint density at radius 3 is 2.86 bits per heavy atom. The average Bonchev–Trinajstić information content (AvgIpc) is 2.71. The molecular formula is C8H7N3O2S. The molecule has 5 nitrogen and oxygen atoms in total. The SMILES string of the molecule is Cn1c(C(=O)O)nnc1-c1cccs1. The molecule has 0 aliphatic heterocycles. The van der Waals surface area contributed by atoms with Gasteiger partial charge < -0.3 is 9.67 Å². The van der Waals surface area contributed by atoms with Crippen molar-refractivity contribution in [2.75, 3.05) is 0 Å². The van der Waals surface area contributed by atoms with E-state index in [0.29, 0.717) is 5.82 Å². The number of nitrogens with zero attached hydrogens (tertiary/aromatic N) is 3. The van der Waals surface area contributed by atoms with Crippen molar-refractivity contribution in [2.24, 2.45) is 7.05 Å². The van der Waals surface area contributed by atoms with Crippen LogP contribution in [0.25, 0.3) is 10.7 Å². The van der Waals surface area contributed by atoms with Gasteiger partial charge in [0.1, 0.15) is 0 Å². The lowest BCUT2D eigenvalue weighted by atomic mass is 10.4. The maximum atomic E-state index is 10.7. The molecule has 2 aromatic rings. The second-order valence-electron chi connectivity index (χ2n) is 2.69. The molecular weight excluding hydrogens is 202 g/mol. The van der Waals surface area contributed by atoms with E-state index < -0.39 is 5.97 Å². The molecule has 0 fully saturated rings. The molecule has 6 heteroatoms. The number of rotatable bonds is 2. The Morgan fingerprint density at radius 2 is 2.36 bits per heavy atom. The predicted octanol–water partition coefficient (Wildman–Crippen LogP) is 1.24. The summed E-state index contributed by atoms with van der Waals surface area (Å²) in [6.45, 7) is 0. The highest BCUT2D eigenvalue weighted by molar-refractivity contribution is 7.13. The fourth-order valence-corrected chi connectivity index (χ4v) is 1.88. The van der Waals surface area contributed by atoms with Gasteiger partial charge in [-0.05, 0) is 11.4 Å². The van der Waals surface area contributed by atoms with Crippen molar-refractivity contribution >= 4 is 17.3 Å². The fourth-order valence-electron chi connectivity index (χ4n) is 1.14. The van der Waals surface area contributed by atoms with E-state index in [1.807, 2.05) is 17.5 Å². The smallest absolute Gasteiger partial charge is 0.374 e. The minimum atomic E-state index is -1.07. The Bertz CT molecular complexity index is 461. The lowest BCUT2D eigenvalue weighted by molar-refractivity contribution is 0.0679. The molecule has 0 radical (unpaired) electrons. The molecule has 14 heavy (non-hydrogen) atoms. The number of hydrogen-bond donors (Lipinski definition) is 1. The minimum absolute atomic E-state index is 0.0478. The fraction of sp³-hybridized carbons (Fsp3) is 0.125. The van der Waals surface area contributed by atoms with Gasteiger partial charge in [0, 0.05) is 7.05 Å². The molecule has 1 N–H and O–H groups in total. The standard InChI is InChI=1S/C8H7N3O2S/c1-11-6(5-3-2-4-14-5)9-10-7(11)8(12)13/h2-4H,1H3,(H,12,13). The number of aromatic carboxylic acids is 1.